The van der Waals surface area contributed by atoms with Crippen molar-refractivity contribution in [2.24, 2.45) is 5.92 Å². The molecule has 3 aromatic rings. The number of hydrogen-bond donors (Lipinski definition) is 3. The lowest BCUT2D eigenvalue weighted by Gasteiger charge is -2.34. The second-order valence-corrected chi connectivity index (χ2v) is 8.91. The van der Waals surface area contributed by atoms with Crippen molar-refractivity contribution in [3.8, 4) is 5.69 Å². The Morgan fingerprint density at radius 1 is 1.11 bits per heavy atom. The fourth-order valence-electron chi connectivity index (χ4n) is 4.63. The van der Waals surface area contributed by atoms with Crippen LogP contribution < -0.4 is 21.5 Å². The van der Waals surface area contributed by atoms with Crippen molar-refractivity contribution >= 4 is 34.8 Å². The maximum atomic E-state index is 14.9. The number of pyridine rings is 1. The van der Waals surface area contributed by atoms with E-state index in [1.807, 2.05) is 6.92 Å². The Balaban J connectivity index is 1.55. The van der Waals surface area contributed by atoms with Crippen LogP contribution in [-0.2, 0) is 9.59 Å². The van der Waals surface area contributed by atoms with E-state index in [0.717, 1.165) is 0 Å². The molecule has 0 saturated heterocycles. The first kappa shape index (κ1) is 24.6. The Kier molecular flexibility index (Phi) is 7.33. The summed E-state index contributed by atoms with van der Waals surface area (Å²) in [5.74, 6) is -2.15. The van der Waals surface area contributed by atoms with Gasteiger partial charge in [0.05, 0.1) is 17.3 Å². The molecule has 0 bridgehead atoms. The van der Waals surface area contributed by atoms with Gasteiger partial charge in [0.25, 0.3) is 5.56 Å². The number of likely N-dealkylation sites (N-methyl/N-ethyl adjacent to an activating group) is 1. The number of amides is 2. The molecule has 0 radical (unpaired) electrons. The second-order valence-electron chi connectivity index (χ2n) is 8.47. The van der Waals surface area contributed by atoms with Gasteiger partial charge >= 0.3 is 0 Å². The van der Waals surface area contributed by atoms with Crippen molar-refractivity contribution in [3.05, 3.63) is 88.1 Å². The maximum Gasteiger partial charge on any atom is 0.255 e. The summed E-state index contributed by atoms with van der Waals surface area (Å²) in [5, 5.41) is 9.30. The van der Waals surface area contributed by atoms with Gasteiger partial charge < -0.3 is 16.0 Å². The molecule has 3 N–H and O–H groups in total. The van der Waals surface area contributed by atoms with Crippen LogP contribution in [0.1, 0.15) is 26.2 Å². The summed E-state index contributed by atoms with van der Waals surface area (Å²) in [6.45, 7) is 2.35. The molecule has 1 heterocycles. The second kappa shape index (κ2) is 10.4. The fourth-order valence-corrected chi connectivity index (χ4v) is 4.76. The fraction of sp³-hybridized carbons (Fsp3) is 0.269. The SMILES string of the molecule is CCNC1(C(=O)Nc2ccc(Cl)cc2)CCCC1C(=O)Nc1ccc(-n2ccccc2=O)cc1F. The lowest BCUT2D eigenvalue weighted by molar-refractivity contribution is -0.130. The topological polar surface area (TPSA) is 92.2 Å². The van der Waals surface area contributed by atoms with Crippen LogP contribution in [0.3, 0.4) is 0 Å². The van der Waals surface area contributed by atoms with Gasteiger partial charge in [0.15, 0.2) is 0 Å². The predicted octanol–water partition coefficient (Wildman–Crippen LogP) is 4.36. The highest BCUT2D eigenvalue weighted by Gasteiger charge is 2.51. The number of nitrogens with zero attached hydrogens (tertiary/aromatic N) is 1. The third kappa shape index (κ3) is 5.13. The first-order valence-corrected chi connectivity index (χ1v) is 11.8. The van der Waals surface area contributed by atoms with Gasteiger partial charge in [-0.15, -0.1) is 0 Å². The Morgan fingerprint density at radius 2 is 1.89 bits per heavy atom. The Labute approximate surface area is 207 Å². The van der Waals surface area contributed by atoms with Crippen molar-refractivity contribution in [2.75, 3.05) is 17.2 Å². The Hall–Kier alpha value is -3.49. The molecule has 2 atom stereocenters. The van der Waals surface area contributed by atoms with Gasteiger partial charge in [0.1, 0.15) is 11.4 Å². The van der Waals surface area contributed by atoms with Gasteiger partial charge in [-0.1, -0.05) is 31.0 Å². The Bertz CT molecular complexity index is 1290. The van der Waals surface area contributed by atoms with Gasteiger partial charge in [0.2, 0.25) is 11.8 Å². The number of nitrogens with one attached hydrogen (secondary N) is 3. The molecule has 2 amide bonds. The standard InChI is InChI=1S/C26H26ClFN4O3/c1-2-29-26(25(35)30-18-10-8-17(27)9-11-18)14-5-6-20(26)24(34)31-22-13-12-19(16-21(22)28)32-15-4-3-7-23(32)33/h3-4,7-13,15-16,20,29H,2,5-6,14H2,1H3,(H,30,35)(H,31,34). The normalized spacial score (nSPS) is 19.3. The molecule has 2 aromatic carbocycles. The number of anilines is 2. The number of rotatable bonds is 7. The van der Waals surface area contributed by atoms with Crippen molar-refractivity contribution in [1.82, 2.24) is 9.88 Å². The molecule has 1 saturated carbocycles. The lowest BCUT2D eigenvalue weighted by atomic mass is 9.84. The van der Waals surface area contributed by atoms with Crippen LogP contribution in [0, 0.1) is 11.7 Å². The molecule has 1 aliphatic carbocycles. The molecule has 1 aliphatic rings. The van der Waals surface area contributed by atoms with Crippen LogP contribution in [0.5, 0.6) is 0 Å². The maximum absolute atomic E-state index is 14.9. The summed E-state index contributed by atoms with van der Waals surface area (Å²) in [4.78, 5) is 38.7. The molecule has 0 spiro atoms. The Morgan fingerprint density at radius 3 is 2.57 bits per heavy atom. The predicted molar refractivity (Wildman–Crippen MR) is 134 cm³/mol. The molecule has 35 heavy (non-hydrogen) atoms. The molecule has 2 unspecified atom stereocenters. The average Bonchev–Trinajstić information content (AvgIpc) is 3.27. The van der Waals surface area contributed by atoms with Gasteiger partial charge in [0, 0.05) is 29.0 Å². The smallest absolute Gasteiger partial charge is 0.255 e. The molecular formula is C26H26ClFN4O3. The summed E-state index contributed by atoms with van der Waals surface area (Å²) in [6.07, 6.45) is 3.15. The van der Waals surface area contributed by atoms with E-state index in [0.29, 0.717) is 42.2 Å². The number of halogens is 2. The minimum atomic E-state index is -1.13. The zero-order valence-electron chi connectivity index (χ0n) is 19.2. The highest BCUT2D eigenvalue weighted by molar-refractivity contribution is 6.30. The largest absolute Gasteiger partial charge is 0.324 e. The molecular weight excluding hydrogens is 471 g/mol. The quantitative estimate of drug-likeness (QED) is 0.453. The van der Waals surface area contributed by atoms with Crippen LogP contribution in [0.15, 0.2) is 71.7 Å². The zero-order valence-corrected chi connectivity index (χ0v) is 19.9. The first-order chi connectivity index (χ1) is 16.8. The minimum absolute atomic E-state index is 0.0156. The van der Waals surface area contributed by atoms with E-state index in [4.69, 9.17) is 11.6 Å². The van der Waals surface area contributed by atoms with Crippen molar-refractivity contribution < 1.29 is 14.0 Å². The summed E-state index contributed by atoms with van der Waals surface area (Å²) in [6, 6.07) is 15.5. The molecule has 1 fully saturated rings. The average molecular weight is 497 g/mol. The van der Waals surface area contributed by atoms with E-state index >= 15 is 0 Å². The van der Waals surface area contributed by atoms with Crippen LogP contribution in [0.25, 0.3) is 5.69 Å². The summed E-state index contributed by atoms with van der Waals surface area (Å²) in [7, 11) is 0. The minimum Gasteiger partial charge on any atom is -0.324 e. The number of carbonyl (C=O) groups is 2. The number of carbonyl (C=O) groups excluding carboxylic acids is 2. The highest BCUT2D eigenvalue weighted by Crippen LogP contribution is 2.38. The van der Waals surface area contributed by atoms with Gasteiger partial charge in [-0.2, -0.15) is 0 Å². The van der Waals surface area contributed by atoms with E-state index in [-0.39, 0.29) is 17.2 Å². The van der Waals surface area contributed by atoms with Crippen LogP contribution in [0.2, 0.25) is 5.02 Å². The van der Waals surface area contributed by atoms with Crippen molar-refractivity contribution in [3.63, 3.8) is 0 Å². The van der Waals surface area contributed by atoms with E-state index in [9.17, 15) is 18.8 Å². The van der Waals surface area contributed by atoms with E-state index in [1.54, 1.807) is 42.5 Å². The molecule has 4 rings (SSSR count). The molecule has 1 aromatic heterocycles. The van der Waals surface area contributed by atoms with E-state index in [2.05, 4.69) is 16.0 Å². The third-order valence-electron chi connectivity index (χ3n) is 6.29. The van der Waals surface area contributed by atoms with E-state index < -0.39 is 23.2 Å². The van der Waals surface area contributed by atoms with Crippen molar-refractivity contribution in [2.45, 2.75) is 31.7 Å². The van der Waals surface area contributed by atoms with E-state index in [1.165, 1.54) is 29.0 Å². The number of aromatic nitrogens is 1. The van der Waals surface area contributed by atoms with Gasteiger partial charge in [-0.25, -0.2) is 4.39 Å². The van der Waals surface area contributed by atoms with Crippen LogP contribution in [0.4, 0.5) is 15.8 Å². The lowest BCUT2D eigenvalue weighted by Crippen LogP contribution is -2.59. The number of hydrogen-bond acceptors (Lipinski definition) is 4. The first-order valence-electron chi connectivity index (χ1n) is 11.4. The molecule has 7 nitrogen and oxygen atoms in total. The van der Waals surface area contributed by atoms with Crippen molar-refractivity contribution in [1.29, 1.82) is 0 Å². The summed E-state index contributed by atoms with van der Waals surface area (Å²) < 4.78 is 16.2. The molecule has 0 aliphatic heterocycles. The van der Waals surface area contributed by atoms with Crippen LogP contribution in [-0.4, -0.2) is 28.5 Å². The van der Waals surface area contributed by atoms with Gasteiger partial charge in [-0.3, -0.25) is 19.0 Å². The zero-order chi connectivity index (χ0) is 25.0. The van der Waals surface area contributed by atoms with Gasteiger partial charge in [-0.05, 0) is 61.9 Å². The summed E-state index contributed by atoms with van der Waals surface area (Å²) >= 11 is 5.93. The summed E-state index contributed by atoms with van der Waals surface area (Å²) in [5.41, 5.74) is -0.529. The monoisotopic (exact) mass is 496 g/mol. The number of benzene rings is 2. The third-order valence-corrected chi connectivity index (χ3v) is 6.54. The molecule has 182 valence electrons. The van der Waals surface area contributed by atoms with Crippen LogP contribution >= 0.6 is 11.6 Å². The highest BCUT2D eigenvalue weighted by atomic mass is 35.5. The molecule has 9 heteroatoms.